The molecule has 1 rings (SSSR count). The second kappa shape index (κ2) is 7.14. The zero-order chi connectivity index (χ0) is 12.7. The number of hydrogen-bond acceptors (Lipinski definition) is 4. The molecule has 0 aliphatic rings. The van der Waals surface area contributed by atoms with E-state index in [-0.39, 0.29) is 0 Å². The molecule has 17 heavy (non-hydrogen) atoms. The van der Waals surface area contributed by atoms with Gasteiger partial charge in [0, 0.05) is 7.11 Å². The lowest BCUT2D eigenvalue weighted by Crippen LogP contribution is -2.04. The van der Waals surface area contributed by atoms with Gasteiger partial charge in [-0.25, -0.2) is 0 Å². The summed E-state index contributed by atoms with van der Waals surface area (Å²) in [5.41, 5.74) is 7.73. The zero-order valence-corrected chi connectivity index (χ0v) is 10.8. The molecule has 0 amide bonds. The molecule has 0 bridgehead atoms. The molecular weight excluding hydrogens is 218 g/mol. The summed E-state index contributed by atoms with van der Waals surface area (Å²) in [6.07, 6.45) is 1.81. The largest absolute Gasteiger partial charge is 0.493 e. The molecule has 1 aromatic carbocycles. The van der Waals surface area contributed by atoms with Crippen LogP contribution in [0.15, 0.2) is 12.1 Å². The van der Waals surface area contributed by atoms with Crippen LogP contribution in [-0.2, 0) is 17.8 Å². The number of hydrogen-bond donors (Lipinski definition) is 1. The van der Waals surface area contributed by atoms with Gasteiger partial charge in [0.05, 0.1) is 20.8 Å². The molecule has 0 saturated carbocycles. The van der Waals surface area contributed by atoms with Gasteiger partial charge in [0.1, 0.15) is 0 Å². The van der Waals surface area contributed by atoms with Crippen molar-refractivity contribution in [3.05, 3.63) is 23.3 Å². The second-order valence-corrected chi connectivity index (χ2v) is 3.82. The van der Waals surface area contributed by atoms with E-state index in [0.29, 0.717) is 13.2 Å². The molecule has 4 heteroatoms. The van der Waals surface area contributed by atoms with Gasteiger partial charge in [0.25, 0.3) is 0 Å². The van der Waals surface area contributed by atoms with Crippen molar-refractivity contribution in [3.63, 3.8) is 0 Å². The molecule has 2 N–H and O–H groups in total. The van der Waals surface area contributed by atoms with Gasteiger partial charge in [-0.2, -0.15) is 0 Å². The molecule has 96 valence electrons. The zero-order valence-electron chi connectivity index (χ0n) is 10.8. The minimum Gasteiger partial charge on any atom is -0.493 e. The van der Waals surface area contributed by atoms with Crippen LogP contribution in [0.1, 0.15) is 17.5 Å². The van der Waals surface area contributed by atoms with Crippen molar-refractivity contribution in [2.75, 3.05) is 27.9 Å². The molecule has 0 aliphatic carbocycles. The molecule has 0 aromatic heterocycles. The van der Waals surface area contributed by atoms with E-state index in [1.807, 2.05) is 6.07 Å². The maximum Gasteiger partial charge on any atom is 0.163 e. The molecule has 0 saturated heterocycles. The minimum atomic E-state index is 0.565. The van der Waals surface area contributed by atoms with Crippen molar-refractivity contribution < 1.29 is 14.2 Å². The first-order valence-corrected chi connectivity index (χ1v) is 5.69. The molecule has 0 fully saturated rings. The van der Waals surface area contributed by atoms with Gasteiger partial charge in [-0.05, 0) is 42.6 Å². The summed E-state index contributed by atoms with van der Waals surface area (Å²) in [5.74, 6) is 1.54. The second-order valence-electron chi connectivity index (χ2n) is 3.82. The third-order valence-corrected chi connectivity index (χ3v) is 2.58. The number of nitrogens with two attached hydrogens (primary N) is 1. The Morgan fingerprint density at radius 3 is 2.41 bits per heavy atom. The summed E-state index contributed by atoms with van der Waals surface area (Å²) >= 11 is 0. The quantitative estimate of drug-likeness (QED) is 0.787. The summed E-state index contributed by atoms with van der Waals surface area (Å²) < 4.78 is 15.9. The fourth-order valence-corrected chi connectivity index (χ4v) is 1.83. The van der Waals surface area contributed by atoms with Crippen LogP contribution < -0.4 is 15.2 Å². The monoisotopic (exact) mass is 239 g/mol. The summed E-state index contributed by atoms with van der Waals surface area (Å²) in [4.78, 5) is 0. The van der Waals surface area contributed by atoms with Crippen LogP contribution >= 0.6 is 0 Å². The van der Waals surface area contributed by atoms with Crippen LogP contribution in [0.25, 0.3) is 0 Å². The normalized spacial score (nSPS) is 10.4. The Morgan fingerprint density at radius 1 is 1.12 bits per heavy atom. The number of methoxy groups -OCH3 is 3. The van der Waals surface area contributed by atoms with Crippen LogP contribution in [0.4, 0.5) is 0 Å². The van der Waals surface area contributed by atoms with Crippen LogP contribution in [0.2, 0.25) is 0 Å². The molecule has 1 aromatic rings. The minimum absolute atomic E-state index is 0.565. The summed E-state index contributed by atoms with van der Waals surface area (Å²) in [5, 5.41) is 0. The highest BCUT2D eigenvalue weighted by Gasteiger charge is 2.11. The van der Waals surface area contributed by atoms with Crippen LogP contribution in [-0.4, -0.2) is 27.9 Å². The average Bonchev–Trinajstić information content (AvgIpc) is 2.35. The first kappa shape index (κ1) is 13.8. The lowest BCUT2D eigenvalue weighted by atomic mass is 10.0. The molecule has 0 spiro atoms. The van der Waals surface area contributed by atoms with Crippen molar-refractivity contribution >= 4 is 0 Å². The standard InChI is InChI=1S/C13H21NO3/c1-15-9-10-7-11(5-4-6-14)13(17-3)12(8-10)16-2/h7-8H,4-6,9,14H2,1-3H3. The Hall–Kier alpha value is -1.26. The lowest BCUT2D eigenvalue weighted by Gasteiger charge is -2.14. The highest BCUT2D eigenvalue weighted by atomic mass is 16.5. The number of rotatable bonds is 7. The summed E-state index contributed by atoms with van der Waals surface area (Å²) in [6, 6.07) is 4.02. The van der Waals surface area contributed by atoms with Gasteiger partial charge >= 0.3 is 0 Å². The van der Waals surface area contributed by atoms with Gasteiger partial charge in [-0.1, -0.05) is 0 Å². The first-order chi connectivity index (χ1) is 8.26. The Bertz CT molecular complexity index is 353. The highest BCUT2D eigenvalue weighted by Crippen LogP contribution is 2.33. The van der Waals surface area contributed by atoms with Crippen LogP contribution in [0.3, 0.4) is 0 Å². The Labute approximate surface area is 103 Å². The predicted octanol–water partition coefficient (Wildman–Crippen LogP) is 1.74. The molecule has 0 atom stereocenters. The van der Waals surface area contributed by atoms with Crippen molar-refractivity contribution in [3.8, 4) is 11.5 Å². The fourth-order valence-electron chi connectivity index (χ4n) is 1.83. The fraction of sp³-hybridized carbons (Fsp3) is 0.538. The van der Waals surface area contributed by atoms with Crippen molar-refractivity contribution in [2.24, 2.45) is 5.73 Å². The molecule has 0 heterocycles. The molecular formula is C13H21NO3. The predicted molar refractivity (Wildman–Crippen MR) is 67.6 cm³/mol. The van der Waals surface area contributed by atoms with E-state index in [1.54, 1.807) is 21.3 Å². The lowest BCUT2D eigenvalue weighted by molar-refractivity contribution is 0.184. The maximum absolute atomic E-state index is 5.54. The number of aryl methyl sites for hydroxylation is 1. The van der Waals surface area contributed by atoms with Gasteiger partial charge in [-0.3, -0.25) is 0 Å². The number of benzene rings is 1. The summed E-state index contributed by atoms with van der Waals surface area (Å²) in [6.45, 7) is 1.23. The first-order valence-electron chi connectivity index (χ1n) is 5.69. The van der Waals surface area contributed by atoms with E-state index in [2.05, 4.69) is 6.07 Å². The van der Waals surface area contributed by atoms with Crippen LogP contribution in [0, 0.1) is 0 Å². The molecule has 0 aliphatic heterocycles. The number of ether oxygens (including phenoxy) is 3. The topological polar surface area (TPSA) is 53.7 Å². The Kier molecular flexibility index (Phi) is 5.80. The van der Waals surface area contributed by atoms with Crippen LogP contribution in [0.5, 0.6) is 11.5 Å². The van der Waals surface area contributed by atoms with Gasteiger partial charge < -0.3 is 19.9 Å². The summed E-state index contributed by atoms with van der Waals surface area (Å²) in [7, 11) is 4.97. The maximum atomic E-state index is 5.54. The third-order valence-electron chi connectivity index (χ3n) is 2.58. The molecule has 0 radical (unpaired) electrons. The Balaban J connectivity index is 3.07. The molecule has 0 unspecified atom stereocenters. The molecule has 4 nitrogen and oxygen atoms in total. The van der Waals surface area contributed by atoms with Gasteiger partial charge in [0.15, 0.2) is 11.5 Å². The highest BCUT2D eigenvalue weighted by molar-refractivity contribution is 5.49. The SMILES string of the molecule is COCc1cc(CCCN)c(OC)c(OC)c1. The van der Waals surface area contributed by atoms with E-state index in [0.717, 1.165) is 35.5 Å². The van der Waals surface area contributed by atoms with E-state index in [1.165, 1.54) is 0 Å². The third kappa shape index (κ3) is 3.61. The van der Waals surface area contributed by atoms with Crippen molar-refractivity contribution in [2.45, 2.75) is 19.4 Å². The van der Waals surface area contributed by atoms with E-state index < -0.39 is 0 Å². The van der Waals surface area contributed by atoms with Gasteiger partial charge in [-0.15, -0.1) is 0 Å². The van der Waals surface area contributed by atoms with Gasteiger partial charge in [0.2, 0.25) is 0 Å². The van der Waals surface area contributed by atoms with Crippen molar-refractivity contribution in [1.29, 1.82) is 0 Å². The smallest absolute Gasteiger partial charge is 0.163 e. The van der Waals surface area contributed by atoms with E-state index in [4.69, 9.17) is 19.9 Å². The van der Waals surface area contributed by atoms with Crippen molar-refractivity contribution in [1.82, 2.24) is 0 Å². The average molecular weight is 239 g/mol. The van der Waals surface area contributed by atoms with E-state index >= 15 is 0 Å². The van der Waals surface area contributed by atoms with E-state index in [9.17, 15) is 0 Å². The Morgan fingerprint density at radius 2 is 1.88 bits per heavy atom.